The van der Waals surface area contributed by atoms with E-state index in [0.717, 1.165) is 94.8 Å². The summed E-state index contributed by atoms with van der Waals surface area (Å²) in [5, 5.41) is 0. The van der Waals surface area contributed by atoms with Crippen LogP contribution in [-0.2, 0) is 14.4 Å². The zero-order valence-electron chi connectivity index (χ0n) is 31.5. The van der Waals surface area contributed by atoms with Gasteiger partial charge in [0.05, 0.1) is 0 Å². The Morgan fingerprint density at radius 2 is 0.830 bits per heavy atom. The van der Waals surface area contributed by atoms with Gasteiger partial charge in [-0.15, -0.1) is 0 Å². The molecule has 1 unspecified atom stereocenters. The smallest absolute Gasteiger partial charge is 0.240 e. The second-order valence-corrected chi connectivity index (χ2v) is 13.6. The average Bonchev–Trinajstić information content (AvgIpc) is 3.04. The van der Waals surface area contributed by atoms with Crippen LogP contribution >= 0.6 is 0 Å². The molecular weight excluding hydrogens is 580 g/mol. The molecule has 0 aromatic heterocycles. The van der Waals surface area contributed by atoms with E-state index in [0.29, 0.717) is 6.54 Å². The summed E-state index contributed by atoms with van der Waals surface area (Å²) in [5.41, 5.74) is 0. The van der Waals surface area contributed by atoms with Gasteiger partial charge in [0.25, 0.3) is 0 Å². The van der Waals surface area contributed by atoms with Crippen LogP contribution in [-0.4, -0.2) is 48.2 Å². The zero-order valence-corrected chi connectivity index (χ0v) is 31.5. The molecule has 0 aromatic rings. The molecule has 0 aliphatic heterocycles. The second-order valence-electron chi connectivity index (χ2n) is 13.6. The standard InChI is InChI=1S/C42H74N2O3/c1-6-8-10-12-14-16-18-20-22-24-26-28-30-32-34-36-40(45)44(42(47)39(3)38-43(4)5)41(46)37-35-33-31-29-27-25-23-21-19-17-15-13-11-9-7-2/h14-17,20-23,39H,6-13,18-19,24-38H2,1-5H3/b16-14-,17-15-,22-20-,23-21-. The summed E-state index contributed by atoms with van der Waals surface area (Å²) in [6, 6.07) is 0. The third kappa shape index (κ3) is 28.5. The van der Waals surface area contributed by atoms with E-state index < -0.39 is 5.92 Å². The molecule has 5 heteroatoms. The highest BCUT2D eigenvalue weighted by Crippen LogP contribution is 2.15. The van der Waals surface area contributed by atoms with E-state index >= 15 is 0 Å². The third-order valence-corrected chi connectivity index (χ3v) is 8.46. The Kier molecular flexibility index (Phi) is 32.0. The van der Waals surface area contributed by atoms with Crippen LogP contribution < -0.4 is 0 Å². The highest BCUT2D eigenvalue weighted by atomic mass is 16.2. The number of carbonyl (C=O) groups excluding carboxylic acids is 3. The van der Waals surface area contributed by atoms with Crippen LogP contribution in [0.15, 0.2) is 48.6 Å². The van der Waals surface area contributed by atoms with Gasteiger partial charge in [0.15, 0.2) is 0 Å². The van der Waals surface area contributed by atoms with E-state index in [1.807, 2.05) is 25.9 Å². The molecule has 0 aliphatic rings. The molecule has 0 N–H and O–H groups in total. The van der Waals surface area contributed by atoms with Gasteiger partial charge >= 0.3 is 0 Å². The number of nitrogens with zero attached hydrogens (tertiary/aromatic N) is 2. The van der Waals surface area contributed by atoms with Crippen molar-refractivity contribution in [3.05, 3.63) is 48.6 Å². The summed E-state index contributed by atoms with van der Waals surface area (Å²) < 4.78 is 0. The first-order valence-corrected chi connectivity index (χ1v) is 19.5. The minimum Gasteiger partial charge on any atom is -0.309 e. The molecule has 0 radical (unpaired) electrons. The number of hydrogen-bond acceptors (Lipinski definition) is 4. The number of hydrogen-bond donors (Lipinski definition) is 0. The molecule has 0 bridgehead atoms. The molecular formula is C42H74N2O3. The van der Waals surface area contributed by atoms with Crippen molar-refractivity contribution in [3.8, 4) is 0 Å². The van der Waals surface area contributed by atoms with E-state index in [-0.39, 0.29) is 30.6 Å². The van der Waals surface area contributed by atoms with Gasteiger partial charge in [0.2, 0.25) is 17.7 Å². The Morgan fingerprint density at radius 1 is 0.489 bits per heavy atom. The molecule has 0 aromatic carbocycles. The maximum absolute atomic E-state index is 13.2. The van der Waals surface area contributed by atoms with E-state index in [1.54, 1.807) is 0 Å². The first kappa shape index (κ1) is 44.7. The monoisotopic (exact) mass is 655 g/mol. The van der Waals surface area contributed by atoms with Gasteiger partial charge in [-0.25, -0.2) is 4.90 Å². The maximum atomic E-state index is 13.2. The zero-order chi connectivity index (χ0) is 34.8. The number of unbranched alkanes of at least 4 members (excludes halogenated alkanes) is 16. The third-order valence-electron chi connectivity index (χ3n) is 8.46. The van der Waals surface area contributed by atoms with Gasteiger partial charge in [0, 0.05) is 25.3 Å². The molecule has 0 saturated heterocycles. The van der Waals surface area contributed by atoms with Crippen LogP contribution in [0, 0.1) is 5.92 Å². The van der Waals surface area contributed by atoms with Gasteiger partial charge in [-0.2, -0.15) is 0 Å². The molecule has 0 fully saturated rings. The molecule has 1 atom stereocenters. The van der Waals surface area contributed by atoms with Crippen molar-refractivity contribution < 1.29 is 14.4 Å². The lowest BCUT2D eigenvalue weighted by Crippen LogP contribution is -2.46. The maximum Gasteiger partial charge on any atom is 0.240 e. The highest BCUT2D eigenvalue weighted by molar-refractivity contribution is 6.11. The fourth-order valence-electron chi connectivity index (χ4n) is 5.63. The number of allylic oxidation sites excluding steroid dienone is 8. The summed E-state index contributed by atoms with van der Waals surface area (Å²) in [6.07, 6.45) is 43.1. The van der Waals surface area contributed by atoms with Crippen LogP contribution in [0.3, 0.4) is 0 Å². The van der Waals surface area contributed by atoms with Gasteiger partial charge in [0.1, 0.15) is 0 Å². The first-order chi connectivity index (χ1) is 22.8. The minimum atomic E-state index is -0.396. The van der Waals surface area contributed by atoms with Crippen LogP contribution in [0.4, 0.5) is 0 Å². The molecule has 3 amide bonds. The van der Waals surface area contributed by atoms with Crippen LogP contribution in [0.5, 0.6) is 0 Å². The fourth-order valence-corrected chi connectivity index (χ4v) is 5.63. The first-order valence-electron chi connectivity index (χ1n) is 19.5. The lowest BCUT2D eigenvalue weighted by molar-refractivity contribution is -0.156. The Balaban J connectivity index is 4.35. The fraction of sp³-hybridized carbons (Fsp3) is 0.738. The summed E-state index contributed by atoms with van der Waals surface area (Å²) in [7, 11) is 3.81. The molecule has 47 heavy (non-hydrogen) atoms. The van der Waals surface area contributed by atoms with E-state index in [4.69, 9.17) is 0 Å². The van der Waals surface area contributed by atoms with Crippen LogP contribution in [0.25, 0.3) is 0 Å². The lowest BCUT2D eigenvalue weighted by atomic mass is 10.1. The van der Waals surface area contributed by atoms with Crippen LogP contribution in [0.1, 0.15) is 175 Å². The van der Waals surface area contributed by atoms with E-state index in [2.05, 4.69) is 62.5 Å². The van der Waals surface area contributed by atoms with Crippen molar-refractivity contribution in [2.45, 2.75) is 175 Å². The molecule has 5 nitrogen and oxygen atoms in total. The van der Waals surface area contributed by atoms with Crippen molar-refractivity contribution in [2.75, 3.05) is 20.6 Å². The van der Waals surface area contributed by atoms with Gasteiger partial charge < -0.3 is 4.90 Å². The number of imide groups is 3. The number of carbonyl (C=O) groups is 3. The predicted octanol–water partition coefficient (Wildman–Crippen LogP) is 11.7. The van der Waals surface area contributed by atoms with Crippen molar-refractivity contribution in [1.82, 2.24) is 9.80 Å². The Bertz CT molecular complexity index is 828. The van der Waals surface area contributed by atoms with Crippen molar-refractivity contribution in [1.29, 1.82) is 0 Å². The molecule has 0 saturated carbocycles. The molecule has 0 spiro atoms. The van der Waals surface area contributed by atoms with Crippen LogP contribution in [0.2, 0.25) is 0 Å². The predicted molar refractivity (Wildman–Crippen MR) is 203 cm³/mol. The SMILES string of the molecule is CCCCC/C=C\C/C=C\CCCCCCCC(=O)N(C(=O)CCCCCCC/C=C\C/C=C\CCCCC)C(=O)C(C)CN(C)C. The van der Waals surface area contributed by atoms with Crippen molar-refractivity contribution in [3.63, 3.8) is 0 Å². The van der Waals surface area contributed by atoms with Crippen molar-refractivity contribution >= 4 is 17.7 Å². The number of amides is 3. The Labute approximate surface area is 291 Å². The van der Waals surface area contributed by atoms with Gasteiger partial charge in [-0.05, 0) is 91.1 Å². The summed E-state index contributed by atoms with van der Waals surface area (Å²) in [6.45, 7) is 6.80. The minimum absolute atomic E-state index is 0.263. The van der Waals surface area contributed by atoms with Gasteiger partial charge in [-0.3, -0.25) is 14.4 Å². The largest absolute Gasteiger partial charge is 0.309 e. The molecule has 0 aliphatic carbocycles. The molecule has 0 heterocycles. The lowest BCUT2D eigenvalue weighted by Gasteiger charge is -2.24. The van der Waals surface area contributed by atoms with E-state index in [1.165, 1.54) is 51.4 Å². The average molecular weight is 655 g/mol. The Morgan fingerprint density at radius 3 is 1.19 bits per heavy atom. The highest BCUT2D eigenvalue weighted by Gasteiger charge is 2.31. The number of rotatable bonds is 31. The quantitative estimate of drug-likeness (QED) is 0.0551. The topological polar surface area (TPSA) is 57.7 Å². The molecule has 0 rings (SSSR count). The molecule has 270 valence electrons. The summed E-state index contributed by atoms with van der Waals surface area (Å²) >= 11 is 0. The Hall–Kier alpha value is -2.27. The summed E-state index contributed by atoms with van der Waals surface area (Å²) in [4.78, 5) is 42.5. The van der Waals surface area contributed by atoms with Gasteiger partial charge in [-0.1, -0.05) is 134 Å². The van der Waals surface area contributed by atoms with Crippen molar-refractivity contribution in [2.24, 2.45) is 5.92 Å². The summed E-state index contributed by atoms with van der Waals surface area (Å²) in [5.74, 6) is -1.39. The second kappa shape index (κ2) is 33.6. The normalized spacial score (nSPS) is 12.8. The van der Waals surface area contributed by atoms with E-state index in [9.17, 15) is 14.4 Å².